The van der Waals surface area contributed by atoms with Crippen LogP contribution < -0.4 is 10.1 Å². The van der Waals surface area contributed by atoms with Gasteiger partial charge in [0.1, 0.15) is 10.8 Å². The van der Waals surface area contributed by atoms with E-state index in [1.54, 1.807) is 11.3 Å². The molecule has 4 heteroatoms. The van der Waals surface area contributed by atoms with Gasteiger partial charge < -0.3 is 10.1 Å². The first kappa shape index (κ1) is 15.0. The molecule has 0 saturated carbocycles. The Kier molecular flexibility index (Phi) is 4.78. The molecule has 2 aromatic rings. The molecule has 0 aliphatic carbocycles. The Morgan fingerprint density at radius 1 is 1.30 bits per heavy atom. The summed E-state index contributed by atoms with van der Waals surface area (Å²) >= 11 is 1.68. The third kappa shape index (κ3) is 3.02. The fourth-order valence-electron chi connectivity index (χ4n) is 2.00. The topological polar surface area (TPSA) is 34.1 Å². The van der Waals surface area contributed by atoms with Gasteiger partial charge in [-0.25, -0.2) is 4.98 Å². The summed E-state index contributed by atoms with van der Waals surface area (Å²) in [4.78, 5) is 4.74. The second-order valence-corrected chi connectivity index (χ2v) is 5.84. The lowest BCUT2D eigenvalue weighted by Crippen LogP contribution is -2.11. The maximum Gasteiger partial charge on any atom is 0.128 e. The van der Waals surface area contributed by atoms with E-state index in [1.165, 1.54) is 11.1 Å². The van der Waals surface area contributed by atoms with Crippen molar-refractivity contribution in [1.29, 1.82) is 0 Å². The highest BCUT2D eigenvalue weighted by Crippen LogP contribution is 2.34. The highest BCUT2D eigenvalue weighted by molar-refractivity contribution is 7.10. The second-order valence-electron chi connectivity index (χ2n) is 4.95. The number of rotatable bonds is 5. The standard InChI is InChI=1S/C16H22N2OS/c1-6-19-15-8-11(3)10(2)7-13(15)14-9-20-16(18-14)12(4)17-5/h7-9,12,17H,6H2,1-5H3. The zero-order valence-corrected chi connectivity index (χ0v) is 13.6. The van der Waals surface area contributed by atoms with E-state index in [9.17, 15) is 0 Å². The summed E-state index contributed by atoms with van der Waals surface area (Å²) in [5.41, 5.74) is 4.59. The highest BCUT2D eigenvalue weighted by atomic mass is 32.1. The van der Waals surface area contributed by atoms with Crippen LogP contribution in [0, 0.1) is 13.8 Å². The average molecular weight is 290 g/mol. The Hall–Kier alpha value is -1.39. The Morgan fingerprint density at radius 3 is 2.65 bits per heavy atom. The number of thiazole rings is 1. The van der Waals surface area contributed by atoms with Crippen LogP contribution in [0.4, 0.5) is 0 Å². The number of nitrogens with zero attached hydrogens (tertiary/aromatic N) is 1. The minimum Gasteiger partial charge on any atom is -0.493 e. The van der Waals surface area contributed by atoms with E-state index in [2.05, 4.69) is 43.6 Å². The smallest absolute Gasteiger partial charge is 0.128 e. The van der Waals surface area contributed by atoms with Crippen LogP contribution in [-0.2, 0) is 0 Å². The van der Waals surface area contributed by atoms with Crippen molar-refractivity contribution < 1.29 is 4.74 Å². The lowest BCUT2D eigenvalue weighted by atomic mass is 10.0. The van der Waals surface area contributed by atoms with Gasteiger partial charge in [-0.2, -0.15) is 0 Å². The Bertz CT molecular complexity index is 592. The molecule has 1 N–H and O–H groups in total. The average Bonchev–Trinajstić information content (AvgIpc) is 2.91. The number of hydrogen-bond donors (Lipinski definition) is 1. The van der Waals surface area contributed by atoms with Gasteiger partial charge in [-0.05, 0) is 58.0 Å². The van der Waals surface area contributed by atoms with E-state index in [4.69, 9.17) is 9.72 Å². The first-order valence-electron chi connectivity index (χ1n) is 6.94. The molecule has 0 aliphatic heterocycles. The molecule has 1 heterocycles. The van der Waals surface area contributed by atoms with Crippen LogP contribution in [-0.4, -0.2) is 18.6 Å². The predicted molar refractivity (Wildman–Crippen MR) is 85.7 cm³/mol. The summed E-state index contributed by atoms with van der Waals surface area (Å²) in [6.45, 7) is 9.02. The molecule has 0 spiro atoms. The number of aryl methyl sites for hydroxylation is 2. The van der Waals surface area contributed by atoms with Crippen molar-refractivity contribution in [2.24, 2.45) is 0 Å². The molecule has 0 radical (unpaired) electrons. The normalized spacial score (nSPS) is 12.4. The van der Waals surface area contributed by atoms with Crippen LogP contribution in [0.3, 0.4) is 0 Å². The molecule has 0 aliphatic rings. The molecule has 3 nitrogen and oxygen atoms in total. The van der Waals surface area contributed by atoms with Gasteiger partial charge in [0, 0.05) is 10.9 Å². The summed E-state index contributed by atoms with van der Waals surface area (Å²) in [5, 5.41) is 6.43. The van der Waals surface area contributed by atoms with Gasteiger partial charge in [0.25, 0.3) is 0 Å². The van der Waals surface area contributed by atoms with Crippen molar-refractivity contribution in [3.63, 3.8) is 0 Å². The van der Waals surface area contributed by atoms with Crippen LogP contribution in [0.5, 0.6) is 5.75 Å². The molecule has 1 unspecified atom stereocenters. The van der Waals surface area contributed by atoms with Crippen LogP contribution in [0.2, 0.25) is 0 Å². The fourth-order valence-corrected chi connectivity index (χ4v) is 2.88. The Balaban J connectivity index is 2.45. The molecular formula is C16H22N2OS. The van der Waals surface area contributed by atoms with E-state index in [1.807, 2.05) is 14.0 Å². The van der Waals surface area contributed by atoms with E-state index in [-0.39, 0.29) is 6.04 Å². The van der Waals surface area contributed by atoms with Crippen LogP contribution in [0.15, 0.2) is 17.5 Å². The molecule has 0 fully saturated rings. The van der Waals surface area contributed by atoms with Gasteiger partial charge in [0.05, 0.1) is 18.3 Å². The third-order valence-electron chi connectivity index (χ3n) is 3.50. The van der Waals surface area contributed by atoms with Crippen LogP contribution in [0.25, 0.3) is 11.3 Å². The summed E-state index contributed by atoms with van der Waals surface area (Å²) in [6, 6.07) is 4.55. The summed E-state index contributed by atoms with van der Waals surface area (Å²) in [6.07, 6.45) is 0. The molecule has 0 saturated heterocycles. The van der Waals surface area contributed by atoms with Crippen LogP contribution in [0.1, 0.15) is 36.0 Å². The monoisotopic (exact) mass is 290 g/mol. The van der Waals surface area contributed by atoms with E-state index >= 15 is 0 Å². The predicted octanol–water partition coefficient (Wildman–Crippen LogP) is 4.11. The van der Waals surface area contributed by atoms with Gasteiger partial charge in [-0.3, -0.25) is 0 Å². The van der Waals surface area contributed by atoms with E-state index in [0.717, 1.165) is 22.0 Å². The van der Waals surface area contributed by atoms with Crippen LogP contribution >= 0.6 is 11.3 Å². The molecule has 1 aromatic carbocycles. The first-order chi connectivity index (χ1) is 9.56. The molecular weight excluding hydrogens is 268 g/mol. The molecule has 0 bridgehead atoms. The highest BCUT2D eigenvalue weighted by Gasteiger charge is 2.14. The van der Waals surface area contributed by atoms with Gasteiger partial charge in [0.15, 0.2) is 0 Å². The summed E-state index contributed by atoms with van der Waals surface area (Å²) < 4.78 is 5.77. The lowest BCUT2D eigenvalue weighted by Gasteiger charge is -2.12. The number of benzene rings is 1. The Labute approximate surface area is 125 Å². The first-order valence-corrected chi connectivity index (χ1v) is 7.81. The van der Waals surface area contributed by atoms with Crippen molar-refractivity contribution in [2.45, 2.75) is 33.7 Å². The second kappa shape index (κ2) is 6.37. The molecule has 108 valence electrons. The maximum atomic E-state index is 5.77. The minimum atomic E-state index is 0.274. The molecule has 2 rings (SSSR count). The number of aromatic nitrogens is 1. The summed E-state index contributed by atoms with van der Waals surface area (Å²) in [5.74, 6) is 0.921. The summed E-state index contributed by atoms with van der Waals surface area (Å²) in [7, 11) is 1.95. The van der Waals surface area contributed by atoms with Crippen molar-refractivity contribution in [1.82, 2.24) is 10.3 Å². The van der Waals surface area contributed by atoms with Crippen molar-refractivity contribution in [3.05, 3.63) is 33.6 Å². The van der Waals surface area contributed by atoms with Crippen molar-refractivity contribution in [2.75, 3.05) is 13.7 Å². The zero-order valence-electron chi connectivity index (χ0n) is 12.8. The SMILES string of the molecule is CCOc1cc(C)c(C)cc1-c1csc(C(C)NC)n1. The maximum absolute atomic E-state index is 5.77. The zero-order chi connectivity index (χ0) is 14.7. The van der Waals surface area contributed by atoms with Gasteiger partial charge in [0.2, 0.25) is 0 Å². The van der Waals surface area contributed by atoms with Crippen molar-refractivity contribution >= 4 is 11.3 Å². The van der Waals surface area contributed by atoms with E-state index in [0.29, 0.717) is 6.61 Å². The molecule has 1 aromatic heterocycles. The van der Waals surface area contributed by atoms with Gasteiger partial charge in [-0.15, -0.1) is 11.3 Å². The Morgan fingerprint density at radius 2 is 2.00 bits per heavy atom. The molecule has 1 atom stereocenters. The third-order valence-corrected chi connectivity index (χ3v) is 4.52. The largest absolute Gasteiger partial charge is 0.493 e. The van der Waals surface area contributed by atoms with Gasteiger partial charge >= 0.3 is 0 Å². The molecule has 20 heavy (non-hydrogen) atoms. The lowest BCUT2D eigenvalue weighted by molar-refractivity contribution is 0.341. The van der Waals surface area contributed by atoms with Gasteiger partial charge in [-0.1, -0.05) is 0 Å². The number of ether oxygens (including phenoxy) is 1. The van der Waals surface area contributed by atoms with E-state index < -0.39 is 0 Å². The fraction of sp³-hybridized carbons (Fsp3) is 0.438. The molecule has 0 amide bonds. The quantitative estimate of drug-likeness (QED) is 0.900. The number of hydrogen-bond acceptors (Lipinski definition) is 4. The number of nitrogens with one attached hydrogen (secondary N) is 1. The van der Waals surface area contributed by atoms with Crippen molar-refractivity contribution in [3.8, 4) is 17.0 Å². The minimum absolute atomic E-state index is 0.274.